The minimum Gasteiger partial charge on any atom is -0.273 e. The van der Waals surface area contributed by atoms with Gasteiger partial charge in [0.05, 0.1) is 15.8 Å². The summed E-state index contributed by atoms with van der Waals surface area (Å²) in [6.07, 6.45) is 2.54. The number of halogens is 1. The molecular weight excluding hydrogens is 404 g/mol. The van der Waals surface area contributed by atoms with Crippen LogP contribution in [0.3, 0.4) is 0 Å². The summed E-state index contributed by atoms with van der Waals surface area (Å²) in [6.45, 7) is 2.05. The fraction of sp³-hybridized carbons (Fsp3) is 0.263. The van der Waals surface area contributed by atoms with Gasteiger partial charge in [-0.05, 0) is 42.8 Å². The third-order valence-corrected chi connectivity index (χ3v) is 6.93. The molecule has 0 radical (unpaired) electrons. The van der Waals surface area contributed by atoms with Crippen molar-refractivity contribution in [1.29, 1.82) is 0 Å². The number of sulfonamides is 1. The molecule has 8 heteroatoms. The highest BCUT2D eigenvalue weighted by Gasteiger charge is 2.39. The molecule has 1 saturated heterocycles. The Hall–Kier alpha value is -1.83. The first-order chi connectivity index (χ1) is 12.9. The van der Waals surface area contributed by atoms with Gasteiger partial charge in [-0.3, -0.25) is 9.69 Å². The number of carbonyl (C=O) groups is 1. The molecule has 1 fully saturated rings. The van der Waals surface area contributed by atoms with Crippen LogP contribution in [0.5, 0.6) is 0 Å². The van der Waals surface area contributed by atoms with Crippen LogP contribution in [-0.2, 0) is 14.8 Å². The quantitative estimate of drug-likeness (QED) is 0.675. The van der Waals surface area contributed by atoms with Gasteiger partial charge in [-0.25, -0.2) is 0 Å². The van der Waals surface area contributed by atoms with Crippen LogP contribution in [0, 0.1) is 0 Å². The molecular formula is C19H19ClN2O3S2. The van der Waals surface area contributed by atoms with Crippen molar-refractivity contribution in [3.8, 4) is 0 Å². The maximum atomic E-state index is 12.9. The monoisotopic (exact) mass is 422 g/mol. The largest absolute Gasteiger partial charge is 0.284 e. The van der Waals surface area contributed by atoms with Crippen LogP contribution in [0.1, 0.15) is 26.2 Å². The smallest absolute Gasteiger partial charge is 0.273 e. The number of benzene rings is 2. The summed E-state index contributed by atoms with van der Waals surface area (Å²) in [7, 11) is -3.95. The van der Waals surface area contributed by atoms with Crippen molar-refractivity contribution in [3.63, 3.8) is 0 Å². The summed E-state index contributed by atoms with van der Waals surface area (Å²) in [5, 5.41) is 0.296. The second kappa shape index (κ2) is 8.46. The molecule has 2 aromatic rings. The molecule has 2 aromatic carbocycles. The van der Waals surface area contributed by atoms with E-state index in [1.807, 2.05) is 6.07 Å². The van der Waals surface area contributed by atoms with Gasteiger partial charge >= 0.3 is 0 Å². The lowest BCUT2D eigenvalue weighted by atomic mass is 10.2. The van der Waals surface area contributed by atoms with Crippen molar-refractivity contribution in [2.45, 2.75) is 36.3 Å². The number of amidine groups is 1. The number of anilines is 1. The third kappa shape index (κ3) is 4.54. The normalized spacial score (nSPS) is 19.0. The average Bonchev–Trinajstić information content (AvgIpc) is 2.95. The molecule has 0 bridgehead atoms. The first-order valence-electron chi connectivity index (χ1n) is 8.58. The number of nitrogens with zero attached hydrogens (tertiary/aromatic N) is 2. The molecule has 1 aliphatic rings. The van der Waals surface area contributed by atoms with E-state index in [1.165, 1.54) is 40.9 Å². The number of para-hydroxylation sites is 1. The van der Waals surface area contributed by atoms with Crippen LogP contribution >= 0.6 is 23.4 Å². The molecule has 1 atom stereocenters. The lowest BCUT2D eigenvalue weighted by molar-refractivity contribution is -0.117. The van der Waals surface area contributed by atoms with Gasteiger partial charge in [-0.1, -0.05) is 61.3 Å². The van der Waals surface area contributed by atoms with E-state index in [0.29, 0.717) is 17.1 Å². The van der Waals surface area contributed by atoms with Gasteiger partial charge in [0.25, 0.3) is 10.0 Å². The Morgan fingerprint density at radius 1 is 1.11 bits per heavy atom. The first-order valence-corrected chi connectivity index (χ1v) is 11.3. The van der Waals surface area contributed by atoms with Crippen molar-refractivity contribution in [3.05, 3.63) is 59.6 Å². The van der Waals surface area contributed by atoms with Gasteiger partial charge in [0, 0.05) is 5.02 Å². The number of unbranched alkanes of at least 4 members (excludes halogenated alkanes) is 1. The molecule has 1 unspecified atom stereocenters. The number of rotatable bonds is 6. The third-order valence-electron chi connectivity index (χ3n) is 4.08. The van der Waals surface area contributed by atoms with Crippen molar-refractivity contribution < 1.29 is 13.2 Å². The predicted octanol–water partition coefficient (Wildman–Crippen LogP) is 4.72. The Balaban J connectivity index is 2.00. The van der Waals surface area contributed by atoms with Gasteiger partial charge in [0.2, 0.25) is 5.91 Å². The van der Waals surface area contributed by atoms with Crippen LogP contribution in [-0.4, -0.2) is 24.7 Å². The molecule has 3 rings (SSSR count). The molecule has 0 aliphatic carbocycles. The lowest BCUT2D eigenvalue weighted by Gasteiger charge is -2.16. The van der Waals surface area contributed by atoms with Gasteiger partial charge in [0.15, 0.2) is 5.17 Å². The van der Waals surface area contributed by atoms with Crippen LogP contribution in [0.2, 0.25) is 5.02 Å². The number of thioether (sulfide) groups is 1. The van der Waals surface area contributed by atoms with Gasteiger partial charge in [0.1, 0.15) is 0 Å². The fourth-order valence-electron chi connectivity index (χ4n) is 2.68. The Bertz CT molecular complexity index is 945. The lowest BCUT2D eigenvalue weighted by Crippen LogP contribution is -2.32. The van der Waals surface area contributed by atoms with Crippen molar-refractivity contribution in [2.75, 3.05) is 4.90 Å². The molecule has 1 aliphatic heterocycles. The second-order valence-electron chi connectivity index (χ2n) is 6.06. The van der Waals surface area contributed by atoms with Crippen molar-refractivity contribution in [1.82, 2.24) is 0 Å². The average molecular weight is 423 g/mol. The Kier molecular flexibility index (Phi) is 6.24. The molecule has 1 heterocycles. The summed E-state index contributed by atoms with van der Waals surface area (Å²) in [4.78, 5) is 14.3. The summed E-state index contributed by atoms with van der Waals surface area (Å²) in [5.74, 6) is -0.135. The number of carbonyl (C=O) groups excluding carboxylic acids is 1. The number of hydrogen-bond donors (Lipinski definition) is 0. The SMILES string of the molecule is CCCCC1SC(=NS(=O)(=O)c2ccc(Cl)cc2)N(c2ccccc2)C1=O. The van der Waals surface area contributed by atoms with Crippen LogP contribution in [0.25, 0.3) is 0 Å². The van der Waals surface area contributed by atoms with E-state index < -0.39 is 10.0 Å². The molecule has 0 saturated carbocycles. The van der Waals surface area contributed by atoms with Crippen LogP contribution in [0.4, 0.5) is 5.69 Å². The van der Waals surface area contributed by atoms with Crippen molar-refractivity contribution >= 4 is 50.1 Å². The first kappa shape index (κ1) is 19.9. The highest BCUT2D eigenvalue weighted by molar-refractivity contribution is 8.16. The minimum absolute atomic E-state index is 0.0393. The van der Waals surface area contributed by atoms with E-state index in [4.69, 9.17) is 11.6 Å². The zero-order valence-electron chi connectivity index (χ0n) is 14.7. The van der Waals surface area contributed by atoms with Crippen LogP contribution < -0.4 is 4.90 Å². The molecule has 0 spiro atoms. The Labute approximate surface area is 168 Å². The topological polar surface area (TPSA) is 66.8 Å². The highest BCUT2D eigenvalue weighted by atomic mass is 35.5. The standard InChI is InChI=1S/C19H19ClN2O3S2/c1-2-3-9-17-18(23)22(15-7-5-4-6-8-15)19(26-17)21-27(24,25)16-12-10-14(20)11-13-16/h4-8,10-13,17H,2-3,9H2,1H3. The van der Waals surface area contributed by atoms with E-state index in [-0.39, 0.29) is 21.2 Å². The molecule has 0 N–H and O–H groups in total. The van der Waals surface area contributed by atoms with E-state index in [2.05, 4.69) is 11.3 Å². The fourth-order valence-corrected chi connectivity index (χ4v) is 5.19. The summed E-state index contributed by atoms with van der Waals surface area (Å²) in [6, 6.07) is 14.8. The summed E-state index contributed by atoms with van der Waals surface area (Å²) >= 11 is 7.04. The van der Waals surface area contributed by atoms with E-state index >= 15 is 0 Å². The zero-order chi connectivity index (χ0) is 19.4. The molecule has 142 valence electrons. The Morgan fingerprint density at radius 2 is 1.78 bits per heavy atom. The Morgan fingerprint density at radius 3 is 2.41 bits per heavy atom. The van der Waals surface area contributed by atoms with Gasteiger partial charge < -0.3 is 0 Å². The van der Waals surface area contributed by atoms with Crippen molar-refractivity contribution in [2.24, 2.45) is 4.40 Å². The highest BCUT2D eigenvalue weighted by Crippen LogP contribution is 2.35. The van der Waals surface area contributed by atoms with Crippen LogP contribution in [0.15, 0.2) is 63.9 Å². The summed E-state index contributed by atoms with van der Waals surface area (Å²) < 4.78 is 29.4. The maximum Gasteiger partial charge on any atom is 0.284 e. The van der Waals surface area contributed by atoms with Gasteiger partial charge in [-0.2, -0.15) is 8.42 Å². The second-order valence-corrected chi connectivity index (χ2v) is 9.27. The minimum atomic E-state index is -3.95. The molecule has 1 amide bonds. The number of hydrogen-bond acceptors (Lipinski definition) is 4. The van der Waals surface area contributed by atoms with Gasteiger partial charge in [-0.15, -0.1) is 4.40 Å². The maximum absolute atomic E-state index is 12.9. The molecule has 27 heavy (non-hydrogen) atoms. The predicted molar refractivity (Wildman–Crippen MR) is 111 cm³/mol. The van der Waals surface area contributed by atoms with E-state index in [9.17, 15) is 13.2 Å². The van der Waals surface area contributed by atoms with E-state index in [1.54, 1.807) is 24.3 Å². The summed E-state index contributed by atoms with van der Waals surface area (Å²) in [5.41, 5.74) is 0.610. The zero-order valence-corrected chi connectivity index (χ0v) is 17.1. The molecule has 5 nitrogen and oxygen atoms in total. The number of amides is 1. The molecule has 0 aromatic heterocycles. The van der Waals surface area contributed by atoms with E-state index in [0.717, 1.165) is 12.8 Å².